The highest BCUT2D eigenvalue weighted by Crippen LogP contribution is 2.19. The number of hydrogen-bond acceptors (Lipinski definition) is 3. The van der Waals surface area contributed by atoms with E-state index in [9.17, 15) is 9.59 Å². The van der Waals surface area contributed by atoms with E-state index in [1.807, 2.05) is 0 Å². The Morgan fingerprint density at radius 3 is 2.60 bits per heavy atom. The van der Waals surface area contributed by atoms with E-state index in [2.05, 4.69) is 10.6 Å². The molecule has 0 spiro atoms. The summed E-state index contributed by atoms with van der Waals surface area (Å²) in [6, 6.07) is -0.269. The van der Waals surface area contributed by atoms with Crippen molar-refractivity contribution >= 4 is 12.0 Å². The first-order valence-corrected chi connectivity index (χ1v) is 7.43. The number of nitrogens with one attached hydrogen (secondary N) is 2. The van der Waals surface area contributed by atoms with Crippen LogP contribution in [0.15, 0.2) is 0 Å². The van der Waals surface area contributed by atoms with Crippen molar-refractivity contribution in [3.05, 3.63) is 0 Å². The minimum atomic E-state index is -0.847. The molecule has 2 amide bonds. The normalized spacial score (nSPS) is 17.4. The van der Waals surface area contributed by atoms with Crippen molar-refractivity contribution in [2.24, 2.45) is 5.92 Å². The number of amides is 2. The molecule has 1 saturated carbocycles. The van der Waals surface area contributed by atoms with Crippen LogP contribution < -0.4 is 10.6 Å². The molecular weight excluding hydrogens is 260 g/mol. The quantitative estimate of drug-likeness (QED) is 0.593. The second-order valence-corrected chi connectivity index (χ2v) is 5.47. The molecule has 0 heterocycles. The maximum atomic E-state index is 11.5. The van der Waals surface area contributed by atoms with Gasteiger partial charge in [0.1, 0.15) is 0 Å². The molecule has 1 aliphatic rings. The number of ether oxygens (including phenoxy) is 1. The highest BCUT2D eigenvalue weighted by molar-refractivity contribution is 5.74. The fraction of sp³-hybridized carbons (Fsp3) is 0.857. The molecule has 0 aromatic carbocycles. The number of carbonyl (C=O) groups excluding carboxylic acids is 1. The first kappa shape index (κ1) is 16.8. The lowest BCUT2D eigenvalue weighted by Crippen LogP contribution is -2.40. The van der Waals surface area contributed by atoms with E-state index in [-0.39, 0.29) is 18.4 Å². The Morgan fingerprint density at radius 2 is 1.95 bits per heavy atom. The summed E-state index contributed by atoms with van der Waals surface area (Å²) in [5.41, 5.74) is 0. The second kappa shape index (κ2) is 9.58. The summed E-state index contributed by atoms with van der Waals surface area (Å²) in [5.74, 6) is -0.919. The summed E-state index contributed by atoms with van der Waals surface area (Å²) in [6.07, 6.45) is 6.43. The standard InChI is InChI=1S/C14H26N2O4/c1-11(9-13(17)18)10-16-14(19)15-7-8-20-12-5-3-2-4-6-12/h11-12H,2-10H2,1H3,(H,17,18)(H2,15,16,19). The van der Waals surface area contributed by atoms with Crippen molar-refractivity contribution in [3.8, 4) is 0 Å². The molecule has 0 aliphatic heterocycles. The number of carbonyl (C=O) groups is 2. The van der Waals surface area contributed by atoms with Crippen molar-refractivity contribution in [1.29, 1.82) is 0 Å². The topological polar surface area (TPSA) is 87.7 Å². The predicted molar refractivity (Wildman–Crippen MR) is 75.6 cm³/mol. The molecule has 6 nitrogen and oxygen atoms in total. The SMILES string of the molecule is CC(CNC(=O)NCCOC1CCCCC1)CC(=O)O. The highest BCUT2D eigenvalue weighted by atomic mass is 16.5. The molecule has 116 valence electrons. The zero-order valence-corrected chi connectivity index (χ0v) is 12.2. The van der Waals surface area contributed by atoms with Crippen LogP contribution in [0.25, 0.3) is 0 Å². The Labute approximate surface area is 120 Å². The van der Waals surface area contributed by atoms with Crippen molar-refractivity contribution < 1.29 is 19.4 Å². The molecule has 1 rings (SSSR count). The highest BCUT2D eigenvalue weighted by Gasteiger charge is 2.13. The molecule has 0 radical (unpaired) electrons. The number of aliphatic carboxylic acids is 1. The summed E-state index contributed by atoms with van der Waals surface area (Å²) in [4.78, 5) is 21.9. The van der Waals surface area contributed by atoms with Crippen molar-refractivity contribution in [3.63, 3.8) is 0 Å². The van der Waals surface area contributed by atoms with Gasteiger partial charge in [-0.2, -0.15) is 0 Å². The molecule has 0 saturated heterocycles. The first-order chi connectivity index (χ1) is 9.58. The molecule has 1 atom stereocenters. The van der Waals surface area contributed by atoms with Crippen LogP contribution in [0.5, 0.6) is 0 Å². The Balaban J connectivity index is 1.98. The third kappa shape index (κ3) is 7.99. The average Bonchev–Trinajstić information content (AvgIpc) is 2.42. The van der Waals surface area contributed by atoms with E-state index < -0.39 is 5.97 Å². The monoisotopic (exact) mass is 286 g/mol. The molecule has 20 heavy (non-hydrogen) atoms. The van der Waals surface area contributed by atoms with Crippen LogP contribution in [-0.2, 0) is 9.53 Å². The molecular formula is C14H26N2O4. The fourth-order valence-electron chi connectivity index (χ4n) is 2.32. The Hall–Kier alpha value is -1.30. The Morgan fingerprint density at radius 1 is 1.25 bits per heavy atom. The third-order valence-corrected chi connectivity index (χ3v) is 3.43. The molecule has 1 fully saturated rings. The maximum absolute atomic E-state index is 11.5. The summed E-state index contributed by atoms with van der Waals surface area (Å²) in [5, 5.41) is 14.0. The predicted octanol–water partition coefficient (Wildman–Crippen LogP) is 1.75. The van der Waals surface area contributed by atoms with E-state index in [0.717, 1.165) is 12.8 Å². The average molecular weight is 286 g/mol. The van der Waals surface area contributed by atoms with E-state index in [1.165, 1.54) is 19.3 Å². The zero-order valence-electron chi connectivity index (χ0n) is 12.2. The summed E-state index contributed by atoms with van der Waals surface area (Å²) < 4.78 is 5.69. The minimum absolute atomic E-state index is 0.0606. The number of hydrogen-bond donors (Lipinski definition) is 3. The molecule has 1 aliphatic carbocycles. The van der Waals surface area contributed by atoms with Crippen LogP contribution in [-0.4, -0.2) is 42.9 Å². The zero-order chi connectivity index (χ0) is 14.8. The van der Waals surface area contributed by atoms with Crippen molar-refractivity contribution in [1.82, 2.24) is 10.6 Å². The lowest BCUT2D eigenvalue weighted by atomic mass is 9.98. The van der Waals surface area contributed by atoms with Gasteiger partial charge in [0.15, 0.2) is 0 Å². The van der Waals surface area contributed by atoms with E-state index in [1.54, 1.807) is 6.92 Å². The summed E-state index contributed by atoms with van der Waals surface area (Å²) in [7, 11) is 0. The Bertz CT molecular complexity index is 304. The number of carboxylic acids is 1. The van der Waals surface area contributed by atoms with Gasteiger partial charge in [0.25, 0.3) is 0 Å². The van der Waals surface area contributed by atoms with E-state index >= 15 is 0 Å². The van der Waals surface area contributed by atoms with Gasteiger partial charge in [-0.15, -0.1) is 0 Å². The molecule has 1 unspecified atom stereocenters. The minimum Gasteiger partial charge on any atom is -0.481 e. The number of rotatable bonds is 8. The molecule has 6 heteroatoms. The van der Waals surface area contributed by atoms with Gasteiger partial charge in [-0.3, -0.25) is 4.79 Å². The van der Waals surface area contributed by atoms with Gasteiger partial charge in [-0.05, 0) is 18.8 Å². The van der Waals surface area contributed by atoms with Crippen LogP contribution in [0.2, 0.25) is 0 Å². The van der Waals surface area contributed by atoms with E-state index in [0.29, 0.717) is 25.8 Å². The van der Waals surface area contributed by atoms with Gasteiger partial charge in [-0.25, -0.2) is 4.79 Å². The number of carboxylic acid groups (broad SMARTS) is 1. The maximum Gasteiger partial charge on any atom is 0.314 e. The van der Waals surface area contributed by atoms with Gasteiger partial charge in [0, 0.05) is 19.5 Å². The first-order valence-electron chi connectivity index (χ1n) is 7.43. The smallest absolute Gasteiger partial charge is 0.314 e. The third-order valence-electron chi connectivity index (χ3n) is 3.43. The largest absolute Gasteiger partial charge is 0.481 e. The van der Waals surface area contributed by atoms with Crippen molar-refractivity contribution in [2.45, 2.75) is 51.6 Å². The summed E-state index contributed by atoms with van der Waals surface area (Å²) in [6.45, 7) is 3.17. The van der Waals surface area contributed by atoms with Gasteiger partial charge in [-0.1, -0.05) is 26.2 Å². The lowest BCUT2D eigenvalue weighted by Gasteiger charge is -2.22. The van der Waals surface area contributed by atoms with Crippen LogP contribution in [0.3, 0.4) is 0 Å². The number of urea groups is 1. The van der Waals surface area contributed by atoms with E-state index in [4.69, 9.17) is 9.84 Å². The summed E-state index contributed by atoms with van der Waals surface area (Å²) >= 11 is 0. The molecule has 0 aromatic rings. The van der Waals surface area contributed by atoms with Gasteiger partial charge >= 0.3 is 12.0 Å². The second-order valence-electron chi connectivity index (χ2n) is 5.47. The molecule has 0 aromatic heterocycles. The van der Waals surface area contributed by atoms with Crippen LogP contribution in [0, 0.1) is 5.92 Å². The molecule has 0 bridgehead atoms. The molecule has 3 N–H and O–H groups in total. The Kier molecular flexibility index (Phi) is 8.02. The van der Waals surface area contributed by atoms with Crippen LogP contribution >= 0.6 is 0 Å². The van der Waals surface area contributed by atoms with Gasteiger partial charge in [0.2, 0.25) is 0 Å². The van der Waals surface area contributed by atoms with Crippen molar-refractivity contribution in [2.75, 3.05) is 19.7 Å². The van der Waals surface area contributed by atoms with Crippen LogP contribution in [0.4, 0.5) is 4.79 Å². The van der Waals surface area contributed by atoms with Crippen LogP contribution in [0.1, 0.15) is 45.4 Å². The lowest BCUT2D eigenvalue weighted by molar-refractivity contribution is -0.137. The van der Waals surface area contributed by atoms with Gasteiger partial charge < -0.3 is 20.5 Å². The van der Waals surface area contributed by atoms with Gasteiger partial charge in [0.05, 0.1) is 12.7 Å². The fourth-order valence-corrected chi connectivity index (χ4v) is 2.32.